The number of carbonyl (C=O) groups excluding carboxylic acids is 3. The van der Waals surface area contributed by atoms with Crippen LogP contribution in [0, 0.1) is 17.8 Å². The lowest BCUT2D eigenvalue weighted by Crippen LogP contribution is -2.57. The molecule has 6 N–H and O–H groups in total. The first-order valence-electron chi connectivity index (χ1n) is 20.5. The van der Waals surface area contributed by atoms with E-state index in [1.807, 2.05) is 133 Å². The van der Waals surface area contributed by atoms with Crippen molar-refractivity contribution in [2.24, 2.45) is 10.8 Å². The van der Waals surface area contributed by atoms with Crippen molar-refractivity contribution in [2.75, 3.05) is 7.11 Å². The Labute approximate surface area is 357 Å². The van der Waals surface area contributed by atoms with Crippen molar-refractivity contribution in [3.63, 3.8) is 0 Å². The minimum atomic E-state index is -1.21. The molecular weight excluding hydrogens is 775 g/mol. The molecule has 3 heterocycles. The van der Waals surface area contributed by atoms with Gasteiger partial charge in [0.15, 0.2) is 0 Å². The van der Waals surface area contributed by atoms with E-state index in [2.05, 4.69) is 30.9 Å². The molecule has 3 aromatic heterocycles. The molecule has 2 aromatic carbocycles. The molecule has 0 aliphatic heterocycles. The predicted molar refractivity (Wildman–Crippen MR) is 234 cm³/mol. The van der Waals surface area contributed by atoms with Crippen LogP contribution in [-0.4, -0.2) is 79.0 Å². The third-order valence-electron chi connectivity index (χ3n) is 10.6. The van der Waals surface area contributed by atoms with Gasteiger partial charge in [0.1, 0.15) is 6.04 Å². The Balaban J connectivity index is 1.47. The minimum Gasteiger partial charge on any atom is -0.493 e. The number of methoxy groups -OCH3 is 1. The van der Waals surface area contributed by atoms with Crippen LogP contribution in [0.3, 0.4) is 0 Å². The fourth-order valence-corrected chi connectivity index (χ4v) is 7.47. The Bertz CT molecular complexity index is 2300. The van der Waals surface area contributed by atoms with Crippen molar-refractivity contribution in [2.45, 2.75) is 104 Å². The van der Waals surface area contributed by atoms with Crippen molar-refractivity contribution in [3.8, 4) is 17.1 Å². The van der Waals surface area contributed by atoms with Gasteiger partial charge in [-0.2, -0.15) is 0 Å². The van der Waals surface area contributed by atoms with Crippen molar-refractivity contribution < 1.29 is 29.3 Å². The number of pyridine rings is 2. The van der Waals surface area contributed by atoms with Crippen LogP contribution in [0.4, 0.5) is 4.79 Å². The van der Waals surface area contributed by atoms with Crippen LogP contribution in [0.1, 0.15) is 82.1 Å². The van der Waals surface area contributed by atoms with Crippen LogP contribution < -0.4 is 21.6 Å². The number of benzene rings is 2. The lowest BCUT2D eigenvalue weighted by molar-refractivity contribution is -0.128. The number of alkyl carbamates (subject to hydrolysis) is 1. The molecular formula is C47H59N7O7. The number of aliphatic hydroxyl groups excluding tert-OH is 1. The smallest absolute Gasteiger partial charge is 0.407 e. The molecule has 0 aliphatic carbocycles. The molecule has 0 saturated carbocycles. The van der Waals surface area contributed by atoms with Crippen molar-refractivity contribution >= 4 is 17.9 Å². The van der Waals surface area contributed by atoms with Crippen LogP contribution in [0.15, 0.2) is 102 Å². The van der Waals surface area contributed by atoms with Gasteiger partial charge in [-0.15, -0.1) is 0 Å². The summed E-state index contributed by atoms with van der Waals surface area (Å²) in [5.41, 5.74) is 2.67. The van der Waals surface area contributed by atoms with E-state index >= 15 is 0 Å². The molecule has 324 valence electrons. The molecule has 14 nitrogen and oxygen atoms in total. The standard InChI is InChI=1S/C47H59N7O7/c1-29-15-14-18-33(49-29)28-54-43(58)39(52-44(54)59)38(46(2,3)4)41(56)51-36(26-30-16-10-9-11-17-30)37(55)27-34(50-42(57)40(47(5,6)7)53-45(60)61-8)25-31-20-22-32(23-21-31)35-19-12-13-24-48-35/h9-24,34,36-38,40,55,58H,25-28H2,1-8H3,(H,50,57)(H,51,56)(H,52,59)(H,53,60)/t34-,36-,37-,38-,40+/m0/s1. The highest BCUT2D eigenvalue weighted by molar-refractivity contribution is 5.87. The molecule has 14 heteroatoms. The van der Waals surface area contributed by atoms with Gasteiger partial charge in [0, 0.05) is 23.5 Å². The van der Waals surface area contributed by atoms with Crippen LogP contribution in [-0.2, 0) is 33.7 Å². The first-order valence-corrected chi connectivity index (χ1v) is 20.5. The monoisotopic (exact) mass is 833 g/mol. The maximum absolute atomic E-state index is 14.6. The van der Waals surface area contributed by atoms with Gasteiger partial charge in [-0.25, -0.2) is 9.59 Å². The molecule has 61 heavy (non-hydrogen) atoms. The molecule has 0 saturated heterocycles. The number of imidazole rings is 1. The summed E-state index contributed by atoms with van der Waals surface area (Å²) in [5.74, 6) is -2.43. The summed E-state index contributed by atoms with van der Waals surface area (Å²) in [6, 6.07) is 25.7. The van der Waals surface area contributed by atoms with Crippen LogP contribution in [0.2, 0.25) is 0 Å². The number of hydrogen-bond donors (Lipinski definition) is 6. The average Bonchev–Trinajstić information content (AvgIpc) is 3.47. The zero-order chi connectivity index (χ0) is 44.5. The number of rotatable bonds is 16. The Morgan fingerprint density at radius 2 is 1.48 bits per heavy atom. The number of H-pyrrole nitrogens is 1. The molecule has 0 fully saturated rings. The number of nitrogens with zero attached hydrogens (tertiary/aromatic N) is 3. The number of hydrogen-bond acceptors (Lipinski definition) is 9. The van der Waals surface area contributed by atoms with Gasteiger partial charge in [0.05, 0.1) is 48.8 Å². The average molecular weight is 834 g/mol. The largest absolute Gasteiger partial charge is 0.493 e. The second-order valence-corrected chi connectivity index (χ2v) is 17.7. The fourth-order valence-electron chi connectivity index (χ4n) is 7.47. The van der Waals surface area contributed by atoms with E-state index in [0.29, 0.717) is 12.1 Å². The van der Waals surface area contributed by atoms with E-state index in [1.54, 1.807) is 12.3 Å². The normalized spacial score (nSPS) is 14.2. The Morgan fingerprint density at radius 3 is 2.08 bits per heavy atom. The summed E-state index contributed by atoms with van der Waals surface area (Å²) in [5, 5.41) is 32.5. The van der Waals surface area contributed by atoms with Gasteiger partial charge in [-0.05, 0) is 72.4 Å². The van der Waals surface area contributed by atoms with Crippen molar-refractivity contribution in [1.82, 2.24) is 35.5 Å². The van der Waals surface area contributed by atoms with Gasteiger partial charge in [-0.3, -0.25) is 24.1 Å². The van der Waals surface area contributed by atoms with Gasteiger partial charge in [0.2, 0.25) is 17.7 Å². The van der Waals surface area contributed by atoms with E-state index in [4.69, 9.17) is 4.74 Å². The number of aromatic amines is 1. The van der Waals surface area contributed by atoms with Crippen LogP contribution in [0.25, 0.3) is 11.3 Å². The molecule has 5 rings (SSSR count). The second-order valence-electron chi connectivity index (χ2n) is 17.7. The number of nitrogens with one attached hydrogen (secondary N) is 4. The molecule has 0 radical (unpaired) electrons. The molecule has 0 spiro atoms. The topological polar surface area (TPSA) is 201 Å². The summed E-state index contributed by atoms with van der Waals surface area (Å²) in [6.07, 6.45) is 0.278. The number of aromatic nitrogens is 4. The SMILES string of the molecule is COC(=O)N[C@H](C(=O)N[C@@H](Cc1ccc(-c2ccccn2)cc1)C[C@H](O)[C@H](Cc1ccccc1)NC(=O)[C@H](c1[nH]c(=O)n(Cc2cccc(C)n2)c1O)C(C)(C)C)C(C)(C)C. The third-order valence-corrected chi connectivity index (χ3v) is 10.6. The first kappa shape index (κ1) is 45.8. The molecule has 0 aliphatic rings. The van der Waals surface area contributed by atoms with Crippen LogP contribution in [0.5, 0.6) is 5.88 Å². The maximum atomic E-state index is 14.6. The highest BCUT2D eigenvalue weighted by Crippen LogP contribution is 2.38. The van der Waals surface area contributed by atoms with Crippen molar-refractivity contribution in [1.29, 1.82) is 0 Å². The quantitative estimate of drug-likeness (QED) is 0.0711. The Hall–Kier alpha value is -6.28. The number of aliphatic hydroxyl groups is 1. The summed E-state index contributed by atoms with van der Waals surface area (Å²) in [6.45, 7) is 12.8. The highest BCUT2D eigenvalue weighted by Gasteiger charge is 2.40. The number of amides is 3. The zero-order valence-electron chi connectivity index (χ0n) is 36.2. The lowest BCUT2D eigenvalue weighted by atomic mass is 9.77. The molecule has 0 bridgehead atoms. The molecule has 3 amide bonds. The summed E-state index contributed by atoms with van der Waals surface area (Å²) in [7, 11) is 1.23. The third kappa shape index (κ3) is 12.4. The summed E-state index contributed by atoms with van der Waals surface area (Å²) < 4.78 is 5.98. The molecule has 0 unspecified atom stereocenters. The fraction of sp³-hybridized carbons (Fsp3) is 0.404. The number of aryl methyl sites for hydroxylation is 1. The number of carbonyl (C=O) groups is 3. The summed E-state index contributed by atoms with van der Waals surface area (Å²) in [4.78, 5) is 66.0. The van der Waals surface area contributed by atoms with Crippen molar-refractivity contribution in [3.05, 3.63) is 136 Å². The van der Waals surface area contributed by atoms with E-state index in [-0.39, 0.29) is 31.0 Å². The van der Waals surface area contributed by atoms with Crippen LogP contribution >= 0.6 is 0 Å². The van der Waals surface area contributed by atoms with Gasteiger partial charge in [-0.1, -0.05) is 108 Å². The lowest BCUT2D eigenvalue weighted by Gasteiger charge is -2.34. The first-order chi connectivity index (χ1) is 28.8. The Kier molecular flexibility index (Phi) is 14.9. The Morgan fingerprint density at radius 1 is 0.803 bits per heavy atom. The van der Waals surface area contributed by atoms with Gasteiger partial charge >= 0.3 is 11.8 Å². The zero-order valence-corrected chi connectivity index (χ0v) is 36.2. The van der Waals surface area contributed by atoms with E-state index in [9.17, 15) is 29.4 Å². The predicted octanol–water partition coefficient (Wildman–Crippen LogP) is 5.80. The van der Waals surface area contributed by atoms with E-state index in [0.717, 1.165) is 32.6 Å². The second kappa shape index (κ2) is 19.9. The number of aromatic hydroxyl groups is 1. The highest BCUT2D eigenvalue weighted by atomic mass is 16.5. The molecule has 5 aromatic rings. The maximum Gasteiger partial charge on any atom is 0.407 e. The number of ether oxygens (including phenoxy) is 1. The van der Waals surface area contributed by atoms with Gasteiger partial charge < -0.3 is 35.9 Å². The minimum absolute atomic E-state index is 0.00271. The van der Waals surface area contributed by atoms with Gasteiger partial charge in [0.25, 0.3) is 0 Å². The van der Waals surface area contributed by atoms with E-state index < -0.39 is 64.6 Å². The molecule has 5 atom stereocenters. The van der Waals surface area contributed by atoms with E-state index in [1.165, 1.54) is 7.11 Å². The summed E-state index contributed by atoms with van der Waals surface area (Å²) >= 11 is 0.